The molecule has 2 amide bonds. The van der Waals surface area contributed by atoms with Crippen molar-refractivity contribution in [3.63, 3.8) is 0 Å². The fraction of sp³-hybridized carbons (Fsp3) is 0.257. The molecule has 0 fully saturated rings. The number of hydrogen-bond acceptors (Lipinski definition) is 5. The second-order valence-corrected chi connectivity index (χ2v) is 13.3. The van der Waals surface area contributed by atoms with E-state index in [-0.39, 0.29) is 42.8 Å². The van der Waals surface area contributed by atoms with Crippen molar-refractivity contribution < 1.29 is 22.7 Å². The molecule has 0 radical (unpaired) electrons. The maximum Gasteiger partial charge on any atom is 0.243 e. The minimum atomic E-state index is -3.59. The molecule has 4 rings (SSSR count). The number of methoxy groups -OCH3 is 1. The van der Waals surface area contributed by atoms with Crippen molar-refractivity contribution in [3.8, 4) is 5.75 Å². The van der Waals surface area contributed by atoms with E-state index in [0.717, 1.165) is 16.7 Å². The Labute approximate surface area is 280 Å². The maximum absolute atomic E-state index is 14.0. The summed E-state index contributed by atoms with van der Waals surface area (Å²) < 4.78 is 32.5. The predicted molar refractivity (Wildman–Crippen MR) is 181 cm³/mol. The highest BCUT2D eigenvalue weighted by atomic mass is 35.5. The Morgan fingerprint density at radius 2 is 1.54 bits per heavy atom. The Morgan fingerprint density at radius 3 is 2.17 bits per heavy atom. The zero-order valence-electron chi connectivity index (χ0n) is 25.7. The molecule has 0 unspecified atom stereocenters. The molecule has 0 aromatic heterocycles. The predicted octanol–water partition coefficient (Wildman–Crippen LogP) is 6.19. The van der Waals surface area contributed by atoms with Crippen molar-refractivity contribution in [2.75, 3.05) is 13.7 Å². The van der Waals surface area contributed by atoms with E-state index in [9.17, 15) is 18.0 Å². The topological polar surface area (TPSA) is 105 Å². The Hall–Kier alpha value is -3.89. The van der Waals surface area contributed by atoms with Gasteiger partial charge < -0.3 is 15.0 Å². The van der Waals surface area contributed by atoms with Crippen molar-refractivity contribution in [3.05, 3.63) is 129 Å². The van der Waals surface area contributed by atoms with Crippen molar-refractivity contribution in [1.82, 2.24) is 14.9 Å². The summed E-state index contributed by atoms with van der Waals surface area (Å²) in [5, 5.41) is 3.91. The minimum Gasteiger partial charge on any atom is -0.497 e. The van der Waals surface area contributed by atoms with E-state index in [0.29, 0.717) is 34.2 Å². The molecule has 4 aromatic carbocycles. The Bertz CT molecular complexity index is 1720. The van der Waals surface area contributed by atoms with Gasteiger partial charge in [-0.25, -0.2) is 13.1 Å². The van der Waals surface area contributed by atoms with Gasteiger partial charge in [-0.3, -0.25) is 9.59 Å². The summed E-state index contributed by atoms with van der Waals surface area (Å²) >= 11 is 12.4. The minimum absolute atomic E-state index is 0.108. The van der Waals surface area contributed by atoms with Gasteiger partial charge in [0.05, 0.1) is 12.0 Å². The van der Waals surface area contributed by atoms with Gasteiger partial charge in [0.15, 0.2) is 0 Å². The van der Waals surface area contributed by atoms with Crippen LogP contribution in [0.15, 0.2) is 102 Å². The molecule has 2 N–H and O–H groups in total. The number of ether oxygens (including phenoxy) is 1. The summed E-state index contributed by atoms with van der Waals surface area (Å²) in [7, 11) is -2.00. The molecule has 1 atom stereocenters. The number of carbonyl (C=O) groups is 2. The molecule has 0 aliphatic heterocycles. The number of amides is 2. The van der Waals surface area contributed by atoms with Gasteiger partial charge in [0.2, 0.25) is 21.8 Å². The number of benzene rings is 4. The van der Waals surface area contributed by atoms with Gasteiger partial charge in [-0.15, -0.1) is 0 Å². The van der Waals surface area contributed by atoms with Gasteiger partial charge >= 0.3 is 0 Å². The first kappa shape index (κ1) is 35.0. The van der Waals surface area contributed by atoms with Crippen molar-refractivity contribution in [2.24, 2.45) is 0 Å². The first-order valence-corrected chi connectivity index (χ1v) is 17.1. The molecule has 0 spiro atoms. The van der Waals surface area contributed by atoms with Crippen LogP contribution in [0.2, 0.25) is 10.0 Å². The van der Waals surface area contributed by atoms with E-state index >= 15 is 0 Å². The highest BCUT2D eigenvalue weighted by Crippen LogP contribution is 2.22. The molecule has 0 saturated heterocycles. The lowest BCUT2D eigenvalue weighted by Crippen LogP contribution is -2.50. The molecule has 0 saturated carbocycles. The quantitative estimate of drug-likeness (QED) is 0.156. The molecule has 0 heterocycles. The van der Waals surface area contributed by atoms with Gasteiger partial charge in [0.1, 0.15) is 11.8 Å². The fourth-order valence-electron chi connectivity index (χ4n) is 4.95. The summed E-state index contributed by atoms with van der Waals surface area (Å²) in [4.78, 5) is 29.7. The number of rotatable bonds is 15. The van der Waals surface area contributed by atoms with Crippen LogP contribution in [-0.4, -0.2) is 44.8 Å². The molecule has 242 valence electrons. The molecular formula is C35H37Cl2N3O5S. The number of sulfonamides is 1. The molecule has 0 aliphatic rings. The number of nitrogens with zero attached hydrogens (tertiary/aromatic N) is 1. The molecule has 0 bridgehead atoms. The first-order valence-electron chi connectivity index (χ1n) is 14.9. The third-order valence-electron chi connectivity index (χ3n) is 7.45. The molecular weight excluding hydrogens is 645 g/mol. The van der Waals surface area contributed by atoms with Crippen LogP contribution in [0.1, 0.15) is 35.6 Å². The second-order valence-electron chi connectivity index (χ2n) is 10.7. The summed E-state index contributed by atoms with van der Waals surface area (Å²) in [5.41, 5.74) is 3.23. The number of carbonyl (C=O) groups excluding carboxylic acids is 2. The smallest absolute Gasteiger partial charge is 0.243 e. The van der Waals surface area contributed by atoms with Gasteiger partial charge in [0.25, 0.3) is 0 Å². The summed E-state index contributed by atoms with van der Waals surface area (Å²) in [6.07, 6.45) is 0.760. The maximum atomic E-state index is 14.0. The lowest BCUT2D eigenvalue weighted by molar-refractivity contribution is -0.141. The SMILES string of the molecule is CCNS(=O)(=O)c1ccc(CCC(=O)N(Cc2ccc(OC)cc2)[C@@H](Cc2ccccc2)C(=O)NCc2ccc(Cl)cc2Cl)cc1. The van der Waals surface area contributed by atoms with E-state index in [2.05, 4.69) is 10.0 Å². The van der Waals surface area contributed by atoms with Crippen LogP contribution in [0.3, 0.4) is 0 Å². The fourth-order valence-corrected chi connectivity index (χ4v) is 6.47. The number of halogens is 2. The third kappa shape index (κ3) is 9.80. The highest BCUT2D eigenvalue weighted by molar-refractivity contribution is 7.89. The standard InChI is InChI=1S/C35H37Cl2N3O5S/c1-3-39-46(43,44)31-18-11-25(12-19-31)13-20-34(41)40(24-27-9-16-30(45-2)17-10-27)33(21-26-7-5-4-6-8-26)35(42)38-23-28-14-15-29(36)22-32(28)37/h4-12,14-19,22,33,39H,3,13,20-21,23-24H2,1-2H3,(H,38,42)/t33-/m0/s1. The zero-order valence-corrected chi connectivity index (χ0v) is 28.0. The monoisotopic (exact) mass is 681 g/mol. The van der Waals surface area contributed by atoms with Crippen LogP contribution in [-0.2, 0) is 45.5 Å². The lowest BCUT2D eigenvalue weighted by Gasteiger charge is -2.32. The van der Waals surface area contributed by atoms with E-state index < -0.39 is 16.1 Å². The second kappa shape index (κ2) is 16.6. The highest BCUT2D eigenvalue weighted by Gasteiger charge is 2.30. The van der Waals surface area contributed by atoms with Crippen molar-refractivity contribution >= 4 is 45.0 Å². The summed E-state index contributed by atoms with van der Waals surface area (Å²) in [6.45, 7) is 2.35. The van der Waals surface area contributed by atoms with Gasteiger partial charge in [-0.1, -0.05) is 90.8 Å². The largest absolute Gasteiger partial charge is 0.497 e. The third-order valence-corrected chi connectivity index (χ3v) is 9.60. The lowest BCUT2D eigenvalue weighted by atomic mass is 10.0. The van der Waals surface area contributed by atoms with Crippen LogP contribution in [0.25, 0.3) is 0 Å². The molecule has 8 nitrogen and oxygen atoms in total. The van der Waals surface area contributed by atoms with Crippen LogP contribution in [0.4, 0.5) is 0 Å². The number of aryl methyl sites for hydroxylation is 1. The molecule has 46 heavy (non-hydrogen) atoms. The average Bonchev–Trinajstić information content (AvgIpc) is 3.05. The van der Waals surface area contributed by atoms with Gasteiger partial charge in [-0.2, -0.15) is 0 Å². The Morgan fingerprint density at radius 1 is 0.870 bits per heavy atom. The summed E-state index contributed by atoms with van der Waals surface area (Å²) in [5.74, 6) is 0.134. The van der Waals surface area contributed by atoms with E-state index in [1.54, 1.807) is 49.3 Å². The zero-order chi connectivity index (χ0) is 33.1. The molecule has 4 aromatic rings. The number of hydrogen-bond donors (Lipinski definition) is 2. The van der Waals surface area contributed by atoms with Crippen LogP contribution >= 0.6 is 23.2 Å². The van der Waals surface area contributed by atoms with Crippen molar-refractivity contribution in [1.29, 1.82) is 0 Å². The van der Waals surface area contributed by atoms with Crippen LogP contribution in [0.5, 0.6) is 5.75 Å². The first-order chi connectivity index (χ1) is 22.1. The Balaban J connectivity index is 1.60. The van der Waals surface area contributed by atoms with Crippen molar-refractivity contribution in [2.45, 2.75) is 50.2 Å². The average molecular weight is 683 g/mol. The van der Waals surface area contributed by atoms with E-state index in [1.807, 2.05) is 54.6 Å². The van der Waals surface area contributed by atoms with Crippen LogP contribution < -0.4 is 14.8 Å². The van der Waals surface area contributed by atoms with Gasteiger partial charge in [0, 0.05) is 42.5 Å². The van der Waals surface area contributed by atoms with Crippen LogP contribution in [0, 0.1) is 0 Å². The van der Waals surface area contributed by atoms with E-state index in [1.165, 1.54) is 12.1 Å². The normalized spacial score (nSPS) is 11.9. The van der Waals surface area contributed by atoms with E-state index in [4.69, 9.17) is 27.9 Å². The molecule has 0 aliphatic carbocycles. The molecule has 11 heteroatoms. The Kier molecular flexibility index (Phi) is 12.6. The number of nitrogens with one attached hydrogen (secondary N) is 2. The van der Waals surface area contributed by atoms with Gasteiger partial charge in [-0.05, 0) is 65.1 Å². The summed E-state index contributed by atoms with van der Waals surface area (Å²) in [6, 6.07) is 27.6.